The highest BCUT2D eigenvalue weighted by atomic mass is 16.4. The molecule has 3 rings (SSSR count). The molecule has 1 heterocycles. The van der Waals surface area contributed by atoms with Gasteiger partial charge in [0.05, 0.1) is 11.9 Å². The number of carbonyl (C=O) groups is 3. The molecule has 0 unspecified atom stereocenters. The van der Waals surface area contributed by atoms with Crippen LogP contribution in [0, 0.1) is 5.41 Å². The van der Waals surface area contributed by atoms with E-state index in [0.29, 0.717) is 5.69 Å². The van der Waals surface area contributed by atoms with Crippen molar-refractivity contribution in [3.8, 4) is 0 Å². The Hall–Kier alpha value is -2.64. The van der Waals surface area contributed by atoms with Gasteiger partial charge >= 0.3 is 5.97 Å². The highest BCUT2D eigenvalue weighted by Crippen LogP contribution is 2.34. The molecule has 3 N–H and O–H groups in total. The number of rotatable bonds is 6. The van der Waals surface area contributed by atoms with Crippen LogP contribution in [-0.2, 0) is 20.9 Å². The van der Waals surface area contributed by atoms with E-state index in [1.54, 1.807) is 12.2 Å². The molecule has 1 fully saturated rings. The van der Waals surface area contributed by atoms with Crippen molar-refractivity contribution in [1.82, 2.24) is 15.1 Å². The Balaban J connectivity index is 1.57. The fourth-order valence-electron chi connectivity index (χ4n) is 3.37. The van der Waals surface area contributed by atoms with Crippen LogP contribution in [0.1, 0.15) is 38.5 Å². The van der Waals surface area contributed by atoms with Crippen molar-refractivity contribution in [3.05, 3.63) is 24.5 Å². The third kappa shape index (κ3) is 3.72. The molecule has 0 aromatic carbocycles. The van der Waals surface area contributed by atoms with Gasteiger partial charge in [0.1, 0.15) is 6.54 Å². The second kappa shape index (κ2) is 7.08. The van der Waals surface area contributed by atoms with Gasteiger partial charge in [-0.1, -0.05) is 25.0 Å². The van der Waals surface area contributed by atoms with E-state index >= 15 is 0 Å². The molecule has 8 heteroatoms. The minimum atomic E-state index is -1.46. The third-order valence-corrected chi connectivity index (χ3v) is 4.86. The Bertz CT molecular complexity index is 695. The van der Waals surface area contributed by atoms with Crippen LogP contribution in [0.3, 0.4) is 0 Å². The average molecular weight is 346 g/mol. The molecule has 2 aliphatic rings. The van der Waals surface area contributed by atoms with Crippen molar-refractivity contribution in [2.75, 3.05) is 5.32 Å². The van der Waals surface area contributed by atoms with Gasteiger partial charge in [-0.3, -0.25) is 19.1 Å². The summed E-state index contributed by atoms with van der Waals surface area (Å²) < 4.78 is 1.43. The molecule has 0 bridgehead atoms. The van der Waals surface area contributed by atoms with Gasteiger partial charge in [-0.15, -0.1) is 0 Å². The summed E-state index contributed by atoms with van der Waals surface area (Å²) in [6, 6.07) is 0.243. The van der Waals surface area contributed by atoms with E-state index in [1.165, 1.54) is 17.1 Å². The Morgan fingerprint density at radius 3 is 2.56 bits per heavy atom. The van der Waals surface area contributed by atoms with Crippen LogP contribution < -0.4 is 10.6 Å². The SMILES string of the molecule is O=C(Cn1cc(NC(=O)C2(C(=O)O)CC=CC2)cn1)NC1CCCC1. The van der Waals surface area contributed by atoms with Crippen molar-refractivity contribution in [2.24, 2.45) is 5.41 Å². The molecule has 0 aliphatic heterocycles. The lowest BCUT2D eigenvalue weighted by Gasteiger charge is -2.22. The summed E-state index contributed by atoms with van der Waals surface area (Å²) in [4.78, 5) is 35.9. The van der Waals surface area contributed by atoms with Crippen molar-refractivity contribution in [3.63, 3.8) is 0 Å². The van der Waals surface area contributed by atoms with E-state index in [0.717, 1.165) is 25.7 Å². The molecule has 1 saturated carbocycles. The van der Waals surface area contributed by atoms with E-state index in [4.69, 9.17) is 0 Å². The molecular weight excluding hydrogens is 324 g/mol. The van der Waals surface area contributed by atoms with E-state index in [2.05, 4.69) is 15.7 Å². The molecule has 0 spiro atoms. The van der Waals surface area contributed by atoms with Crippen LogP contribution in [0.15, 0.2) is 24.5 Å². The van der Waals surface area contributed by atoms with Crippen molar-refractivity contribution in [1.29, 1.82) is 0 Å². The van der Waals surface area contributed by atoms with Gasteiger partial charge in [-0.05, 0) is 25.7 Å². The van der Waals surface area contributed by atoms with Crippen LogP contribution >= 0.6 is 0 Å². The second-order valence-corrected chi connectivity index (χ2v) is 6.70. The van der Waals surface area contributed by atoms with Crippen LogP contribution in [0.25, 0.3) is 0 Å². The summed E-state index contributed by atoms with van der Waals surface area (Å²) in [6.45, 7) is 0.0675. The number of carbonyl (C=O) groups excluding carboxylic acids is 2. The molecule has 8 nitrogen and oxygen atoms in total. The minimum Gasteiger partial charge on any atom is -0.480 e. The number of nitrogens with one attached hydrogen (secondary N) is 2. The minimum absolute atomic E-state index is 0.0675. The van der Waals surface area contributed by atoms with Gasteiger partial charge < -0.3 is 15.7 Å². The summed E-state index contributed by atoms with van der Waals surface area (Å²) in [6.07, 6.45) is 11.0. The summed E-state index contributed by atoms with van der Waals surface area (Å²) in [5, 5.41) is 19.0. The topological polar surface area (TPSA) is 113 Å². The zero-order chi connectivity index (χ0) is 17.9. The number of amides is 2. The monoisotopic (exact) mass is 346 g/mol. The van der Waals surface area contributed by atoms with Crippen LogP contribution in [0.2, 0.25) is 0 Å². The molecule has 0 atom stereocenters. The third-order valence-electron chi connectivity index (χ3n) is 4.86. The number of allylic oxidation sites excluding steroid dienone is 2. The average Bonchev–Trinajstić information content (AvgIpc) is 3.28. The van der Waals surface area contributed by atoms with E-state index < -0.39 is 17.3 Å². The van der Waals surface area contributed by atoms with E-state index in [-0.39, 0.29) is 31.3 Å². The summed E-state index contributed by atoms with van der Waals surface area (Å²) in [5.74, 6) is -1.83. The molecule has 0 saturated heterocycles. The van der Waals surface area contributed by atoms with Crippen molar-refractivity contribution >= 4 is 23.5 Å². The van der Waals surface area contributed by atoms with Gasteiger partial charge in [0, 0.05) is 12.2 Å². The first-order valence-electron chi connectivity index (χ1n) is 8.51. The molecule has 0 radical (unpaired) electrons. The van der Waals surface area contributed by atoms with Gasteiger partial charge in [0.25, 0.3) is 0 Å². The van der Waals surface area contributed by atoms with Crippen molar-refractivity contribution < 1.29 is 19.5 Å². The number of aromatic nitrogens is 2. The predicted octanol–water partition coefficient (Wildman–Crippen LogP) is 1.30. The second-order valence-electron chi connectivity index (χ2n) is 6.70. The molecule has 1 aromatic heterocycles. The number of nitrogens with zero attached hydrogens (tertiary/aromatic N) is 2. The lowest BCUT2D eigenvalue weighted by Crippen LogP contribution is -2.41. The Morgan fingerprint density at radius 1 is 1.24 bits per heavy atom. The first-order valence-corrected chi connectivity index (χ1v) is 8.51. The normalized spacial score (nSPS) is 19.0. The lowest BCUT2D eigenvalue weighted by molar-refractivity contribution is -0.153. The summed E-state index contributed by atoms with van der Waals surface area (Å²) >= 11 is 0. The Morgan fingerprint density at radius 2 is 1.92 bits per heavy atom. The predicted molar refractivity (Wildman–Crippen MR) is 89.7 cm³/mol. The summed E-state index contributed by atoms with van der Waals surface area (Å²) in [5.41, 5.74) is -1.08. The molecule has 25 heavy (non-hydrogen) atoms. The zero-order valence-electron chi connectivity index (χ0n) is 13.9. The van der Waals surface area contributed by atoms with Crippen LogP contribution in [-0.4, -0.2) is 38.7 Å². The molecule has 2 aliphatic carbocycles. The number of aliphatic carboxylic acids is 1. The van der Waals surface area contributed by atoms with Gasteiger partial charge in [-0.25, -0.2) is 0 Å². The number of carboxylic acids is 1. The maximum atomic E-state index is 12.4. The quantitative estimate of drug-likeness (QED) is 0.531. The lowest BCUT2D eigenvalue weighted by atomic mass is 9.84. The highest BCUT2D eigenvalue weighted by Gasteiger charge is 2.46. The maximum absolute atomic E-state index is 12.4. The molecule has 134 valence electrons. The maximum Gasteiger partial charge on any atom is 0.319 e. The van der Waals surface area contributed by atoms with Crippen molar-refractivity contribution in [2.45, 2.75) is 51.1 Å². The first-order chi connectivity index (χ1) is 12.0. The largest absolute Gasteiger partial charge is 0.480 e. The fourth-order valence-corrected chi connectivity index (χ4v) is 3.37. The fraction of sp³-hybridized carbons (Fsp3) is 0.529. The standard InChI is InChI=1S/C17H22N4O4/c22-14(19-12-5-1-2-6-12)11-21-10-13(9-18-21)20-15(23)17(16(24)25)7-3-4-8-17/h3-4,9-10,12H,1-2,5-8,11H2,(H,19,22)(H,20,23)(H,24,25). The summed E-state index contributed by atoms with van der Waals surface area (Å²) in [7, 11) is 0. The molecule has 1 aromatic rings. The van der Waals surface area contributed by atoms with Crippen LogP contribution in [0.4, 0.5) is 5.69 Å². The first kappa shape index (κ1) is 17.2. The number of anilines is 1. The van der Waals surface area contributed by atoms with Gasteiger partial charge in [0.2, 0.25) is 11.8 Å². The van der Waals surface area contributed by atoms with Gasteiger partial charge in [-0.2, -0.15) is 5.10 Å². The number of hydrogen-bond donors (Lipinski definition) is 3. The smallest absolute Gasteiger partial charge is 0.319 e. The molecule has 2 amide bonds. The van der Waals surface area contributed by atoms with E-state index in [1.807, 2.05) is 0 Å². The molecular formula is C17H22N4O4. The van der Waals surface area contributed by atoms with E-state index in [9.17, 15) is 19.5 Å². The number of hydrogen-bond acceptors (Lipinski definition) is 4. The van der Waals surface area contributed by atoms with Crippen LogP contribution in [0.5, 0.6) is 0 Å². The highest BCUT2D eigenvalue weighted by molar-refractivity contribution is 6.09. The zero-order valence-corrected chi connectivity index (χ0v) is 13.9. The Labute approximate surface area is 145 Å². The number of carboxylic acid groups (broad SMARTS) is 1. The van der Waals surface area contributed by atoms with Gasteiger partial charge in [0.15, 0.2) is 5.41 Å². The Kier molecular flexibility index (Phi) is 4.87.